The average molecular weight is 228 g/mol. The maximum atomic E-state index is 10.4. The Hall–Kier alpha value is -1.12. The van der Waals surface area contributed by atoms with Crippen molar-refractivity contribution in [2.24, 2.45) is 10.8 Å². The predicted molar refractivity (Wildman–Crippen MR) is 66.4 cm³/mol. The van der Waals surface area contributed by atoms with Crippen LogP contribution in [0.5, 0.6) is 0 Å². The van der Waals surface area contributed by atoms with E-state index in [0.717, 1.165) is 13.2 Å². The van der Waals surface area contributed by atoms with Crippen molar-refractivity contribution >= 4 is 12.3 Å². The van der Waals surface area contributed by atoms with Crippen LogP contribution in [0.15, 0.2) is 11.6 Å². The van der Waals surface area contributed by atoms with Gasteiger partial charge in [-0.25, -0.2) is 0 Å². The molecule has 0 fully saturated rings. The number of aliphatic carboxylic acids is 1. The van der Waals surface area contributed by atoms with E-state index in [2.05, 4.69) is 41.5 Å². The van der Waals surface area contributed by atoms with E-state index in [1.807, 2.05) is 0 Å². The zero-order chi connectivity index (χ0) is 13.6. The number of carbonyl (C=O) groups is 2. The lowest BCUT2D eigenvalue weighted by atomic mass is 9.72. The largest absolute Gasteiger partial charge is 0.481 e. The van der Waals surface area contributed by atoms with Gasteiger partial charge in [-0.2, -0.15) is 0 Å². The van der Waals surface area contributed by atoms with E-state index < -0.39 is 5.97 Å². The molecule has 3 heteroatoms. The molecular formula is C13H24O3. The Morgan fingerprint density at radius 3 is 1.31 bits per heavy atom. The van der Waals surface area contributed by atoms with Crippen molar-refractivity contribution in [1.29, 1.82) is 0 Å². The Bertz CT molecular complexity index is 242. The highest BCUT2D eigenvalue weighted by atomic mass is 16.4. The Balaban J connectivity index is 0. The van der Waals surface area contributed by atoms with Gasteiger partial charge in [0.25, 0.3) is 5.97 Å². The molecule has 0 radical (unpaired) electrons. The summed E-state index contributed by atoms with van der Waals surface area (Å²) >= 11 is 0. The summed E-state index contributed by atoms with van der Waals surface area (Å²) in [5.74, 6) is -0.833. The number of carboxylic acids is 1. The molecule has 0 aromatic heterocycles. The number of hydrogen-bond acceptors (Lipinski definition) is 2. The van der Waals surface area contributed by atoms with E-state index in [0.29, 0.717) is 0 Å². The molecule has 3 nitrogen and oxygen atoms in total. The number of carboxylic acid groups (broad SMARTS) is 1. The molecule has 0 spiro atoms. The zero-order valence-electron chi connectivity index (χ0n) is 11.4. The zero-order valence-corrected chi connectivity index (χ0v) is 11.4. The molecule has 1 N–H and O–H groups in total. The third kappa shape index (κ3) is 9.44. The highest BCUT2D eigenvalue weighted by molar-refractivity contribution is 5.67. The molecule has 0 bridgehead atoms. The number of carbonyl (C=O) groups excluding carboxylic acids is 1. The summed E-state index contributed by atoms with van der Waals surface area (Å²) in [6, 6.07) is 0. The van der Waals surface area contributed by atoms with E-state index in [4.69, 9.17) is 9.90 Å². The summed E-state index contributed by atoms with van der Waals surface area (Å²) < 4.78 is 0. The summed E-state index contributed by atoms with van der Waals surface area (Å²) in [6.07, 6.45) is 2.58. The normalized spacial score (nSPS) is 10.9. The third-order valence-corrected chi connectivity index (χ3v) is 1.85. The van der Waals surface area contributed by atoms with Crippen LogP contribution in [-0.4, -0.2) is 17.4 Å². The SMILES string of the molecule is CC(=O)O.CC(C)(C)C(=CC=O)C(C)(C)C. The van der Waals surface area contributed by atoms with Gasteiger partial charge in [0, 0.05) is 6.92 Å². The summed E-state index contributed by atoms with van der Waals surface area (Å²) in [5, 5.41) is 7.42. The molecule has 0 aliphatic heterocycles. The van der Waals surface area contributed by atoms with Crippen LogP contribution >= 0.6 is 0 Å². The molecule has 0 unspecified atom stereocenters. The molecule has 0 aliphatic rings. The second-order valence-electron chi connectivity index (χ2n) is 5.74. The van der Waals surface area contributed by atoms with Crippen LogP contribution in [0.3, 0.4) is 0 Å². The van der Waals surface area contributed by atoms with Gasteiger partial charge in [-0.1, -0.05) is 47.1 Å². The fourth-order valence-corrected chi connectivity index (χ4v) is 1.69. The van der Waals surface area contributed by atoms with E-state index in [-0.39, 0.29) is 10.8 Å². The Labute approximate surface area is 98.6 Å². The van der Waals surface area contributed by atoms with Crippen molar-refractivity contribution in [3.63, 3.8) is 0 Å². The Morgan fingerprint density at radius 2 is 1.25 bits per heavy atom. The van der Waals surface area contributed by atoms with Gasteiger partial charge in [-0.15, -0.1) is 0 Å². The summed E-state index contributed by atoms with van der Waals surface area (Å²) in [7, 11) is 0. The van der Waals surface area contributed by atoms with E-state index in [1.54, 1.807) is 6.08 Å². The molecule has 0 amide bonds. The first kappa shape index (κ1) is 17.3. The lowest BCUT2D eigenvalue weighted by molar-refractivity contribution is -0.134. The second kappa shape index (κ2) is 6.46. The molecule has 0 aromatic carbocycles. The number of aldehydes is 1. The number of allylic oxidation sites excluding steroid dienone is 2. The van der Waals surface area contributed by atoms with Gasteiger partial charge >= 0.3 is 0 Å². The van der Waals surface area contributed by atoms with Gasteiger partial charge in [0.2, 0.25) is 0 Å². The van der Waals surface area contributed by atoms with Crippen LogP contribution in [-0.2, 0) is 9.59 Å². The summed E-state index contributed by atoms with van der Waals surface area (Å²) in [5.41, 5.74) is 1.36. The minimum Gasteiger partial charge on any atom is -0.481 e. The standard InChI is InChI=1S/C11H20O.C2H4O2/c1-10(2,3)9(7-8-12)11(4,5)6;1-2(3)4/h7-8H,1-6H3;1H3,(H,3,4). The van der Waals surface area contributed by atoms with Crippen LogP contribution in [0.25, 0.3) is 0 Å². The second-order valence-corrected chi connectivity index (χ2v) is 5.74. The van der Waals surface area contributed by atoms with Crippen molar-refractivity contribution in [1.82, 2.24) is 0 Å². The van der Waals surface area contributed by atoms with Crippen molar-refractivity contribution in [2.45, 2.75) is 48.5 Å². The molecule has 94 valence electrons. The van der Waals surface area contributed by atoms with Gasteiger partial charge in [0.1, 0.15) is 6.29 Å². The first-order valence-corrected chi connectivity index (χ1v) is 5.29. The Morgan fingerprint density at radius 1 is 1.00 bits per heavy atom. The lowest BCUT2D eigenvalue weighted by Gasteiger charge is -2.33. The fraction of sp³-hybridized carbons (Fsp3) is 0.692. The van der Waals surface area contributed by atoms with Gasteiger partial charge in [0.05, 0.1) is 0 Å². The lowest BCUT2D eigenvalue weighted by Crippen LogP contribution is -2.22. The van der Waals surface area contributed by atoms with Crippen molar-refractivity contribution < 1.29 is 14.7 Å². The fourth-order valence-electron chi connectivity index (χ4n) is 1.69. The molecule has 16 heavy (non-hydrogen) atoms. The first-order valence-electron chi connectivity index (χ1n) is 5.29. The van der Waals surface area contributed by atoms with Gasteiger partial charge < -0.3 is 5.11 Å². The minimum atomic E-state index is -0.833. The molecule has 0 saturated carbocycles. The maximum absolute atomic E-state index is 10.4. The van der Waals surface area contributed by atoms with Crippen LogP contribution in [0, 0.1) is 10.8 Å². The molecule has 0 atom stereocenters. The van der Waals surface area contributed by atoms with Crippen LogP contribution < -0.4 is 0 Å². The summed E-state index contributed by atoms with van der Waals surface area (Å²) in [4.78, 5) is 19.4. The first-order chi connectivity index (χ1) is 6.92. The molecule has 0 aromatic rings. The number of hydrogen-bond donors (Lipinski definition) is 1. The van der Waals surface area contributed by atoms with Crippen molar-refractivity contribution in [3.05, 3.63) is 11.6 Å². The van der Waals surface area contributed by atoms with Crippen molar-refractivity contribution in [2.75, 3.05) is 0 Å². The smallest absolute Gasteiger partial charge is 0.300 e. The van der Waals surface area contributed by atoms with Crippen molar-refractivity contribution in [3.8, 4) is 0 Å². The summed E-state index contributed by atoms with van der Waals surface area (Å²) in [6.45, 7) is 13.9. The predicted octanol–water partition coefficient (Wildman–Crippen LogP) is 3.29. The maximum Gasteiger partial charge on any atom is 0.300 e. The molecule has 0 aliphatic carbocycles. The van der Waals surface area contributed by atoms with E-state index in [1.165, 1.54) is 5.57 Å². The van der Waals surface area contributed by atoms with Crippen LogP contribution in [0.2, 0.25) is 0 Å². The third-order valence-electron chi connectivity index (χ3n) is 1.85. The van der Waals surface area contributed by atoms with E-state index in [9.17, 15) is 4.79 Å². The van der Waals surface area contributed by atoms with Crippen LogP contribution in [0.1, 0.15) is 48.5 Å². The molecule has 0 saturated heterocycles. The highest BCUT2D eigenvalue weighted by Crippen LogP contribution is 2.38. The van der Waals surface area contributed by atoms with E-state index >= 15 is 0 Å². The van der Waals surface area contributed by atoms with Gasteiger partial charge in [0.15, 0.2) is 0 Å². The highest BCUT2D eigenvalue weighted by Gasteiger charge is 2.27. The molecular weight excluding hydrogens is 204 g/mol. The Kier molecular flexibility index (Phi) is 6.98. The minimum absolute atomic E-state index is 0.0825. The van der Waals surface area contributed by atoms with Gasteiger partial charge in [-0.3, -0.25) is 9.59 Å². The molecule has 0 heterocycles. The van der Waals surface area contributed by atoms with Crippen LogP contribution in [0.4, 0.5) is 0 Å². The molecule has 0 rings (SSSR count). The topological polar surface area (TPSA) is 54.4 Å². The average Bonchev–Trinajstić information content (AvgIpc) is 1.94. The van der Waals surface area contributed by atoms with Gasteiger partial charge in [-0.05, 0) is 16.9 Å². The monoisotopic (exact) mass is 228 g/mol. The quantitative estimate of drug-likeness (QED) is 0.553. The number of rotatable bonds is 1.